The highest BCUT2D eigenvalue weighted by molar-refractivity contribution is 6.11. The fourth-order valence-corrected chi connectivity index (χ4v) is 15.5. The molecule has 0 bridgehead atoms. The van der Waals surface area contributed by atoms with Crippen molar-refractivity contribution in [3.05, 3.63) is 335 Å². The summed E-state index contributed by atoms with van der Waals surface area (Å²) in [4.78, 5) is 2.52. The van der Waals surface area contributed by atoms with Crippen LogP contribution in [0.25, 0.3) is 72.0 Å². The Kier molecular flexibility index (Phi) is 9.07. The van der Waals surface area contributed by atoms with Gasteiger partial charge in [-0.3, -0.25) is 0 Å². The van der Waals surface area contributed by atoms with E-state index in [0.29, 0.717) is 0 Å². The van der Waals surface area contributed by atoms with Crippen molar-refractivity contribution in [2.75, 3.05) is 4.90 Å². The van der Waals surface area contributed by atoms with E-state index in [0.717, 1.165) is 22.7 Å². The second kappa shape index (κ2) is 16.1. The topological polar surface area (TPSA) is 8.17 Å². The number of hydrogen-bond donors (Lipinski definition) is 0. The summed E-state index contributed by atoms with van der Waals surface area (Å²) in [5, 5.41) is 2.44. The standard InChI is InChI=1S/C77H52N2/c1-75(2)62-30-12-6-25-54(62)58-43-41-52(48-71(58)75)78(51-42-45-74-61(47-51)59-29-11-21-39-73(59)79(74)50-22-4-3-5-23-50)72-38-20-10-24-53(72)49-40-44-66-60(46-49)57-28-9-15-33-65(57)77(66)69-36-18-16-34-67(69)76(68-35-17-19-37-70(68)77)63-31-13-7-26-55(63)56-27-8-14-32-64(56)76/h3-48H,1-2H3. The van der Waals surface area contributed by atoms with Crippen molar-refractivity contribution in [3.63, 3.8) is 0 Å². The minimum atomic E-state index is -0.565. The molecule has 2 nitrogen and oxygen atoms in total. The molecular formula is C77H52N2. The zero-order valence-corrected chi connectivity index (χ0v) is 44.0. The van der Waals surface area contributed by atoms with E-state index < -0.39 is 10.8 Å². The normalized spacial score (nSPS) is 14.8. The van der Waals surface area contributed by atoms with E-state index in [1.165, 1.54) is 122 Å². The van der Waals surface area contributed by atoms with E-state index >= 15 is 0 Å². The van der Waals surface area contributed by atoms with Crippen molar-refractivity contribution < 1.29 is 0 Å². The van der Waals surface area contributed by atoms with Gasteiger partial charge in [-0.1, -0.05) is 232 Å². The third kappa shape index (κ3) is 5.70. The Labute approximate surface area is 460 Å². The fraction of sp³-hybridized carbons (Fsp3) is 0.0649. The summed E-state index contributed by atoms with van der Waals surface area (Å²) in [7, 11) is 0. The van der Waals surface area contributed by atoms with E-state index in [4.69, 9.17) is 0 Å². The van der Waals surface area contributed by atoms with E-state index in [1.807, 2.05) is 0 Å². The van der Waals surface area contributed by atoms with Crippen molar-refractivity contribution in [1.82, 2.24) is 4.57 Å². The second-order valence-electron chi connectivity index (χ2n) is 22.6. The third-order valence-corrected chi connectivity index (χ3v) is 18.7. The summed E-state index contributed by atoms with van der Waals surface area (Å²) >= 11 is 0. The summed E-state index contributed by atoms with van der Waals surface area (Å²) in [5.41, 5.74) is 29.3. The highest BCUT2D eigenvalue weighted by atomic mass is 15.1. The summed E-state index contributed by atoms with van der Waals surface area (Å²) in [6.45, 7) is 4.77. The van der Waals surface area contributed by atoms with Gasteiger partial charge in [0.15, 0.2) is 0 Å². The molecule has 0 unspecified atom stereocenters. The van der Waals surface area contributed by atoms with E-state index in [9.17, 15) is 0 Å². The Morgan fingerprint density at radius 2 is 0.709 bits per heavy atom. The van der Waals surface area contributed by atoms with Crippen molar-refractivity contribution in [1.29, 1.82) is 0 Å². The Balaban J connectivity index is 0.890. The van der Waals surface area contributed by atoms with Crippen LogP contribution in [0.3, 0.4) is 0 Å². The molecule has 13 aromatic rings. The molecule has 0 saturated heterocycles. The van der Waals surface area contributed by atoms with Crippen LogP contribution >= 0.6 is 0 Å². The maximum absolute atomic E-state index is 2.52. The molecule has 0 fully saturated rings. The lowest BCUT2D eigenvalue weighted by Gasteiger charge is -2.48. The number of fused-ring (bicyclic) bond motifs is 22. The summed E-state index contributed by atoms with van der Waals surface area (Å²) in [6.07, 6.45) is 0. The summed E-state index contributed by atoms with van der Waals surface area (Å²) < 4.78 is 2.41. The maximum atomic E-state index is 2.52. The number of rotatable bonds is 5. The molecule has 370 valence electrons. The number of nitrogens with zero attached hydrogens (tertiary/aromatic N) is 2. The molecule has 2 heteroatoms. The molecule has 0 N–H and O–H groups in total. The molecule has 0 aliphatic heterocycles. The first-order valence-corrected chi connectivity index (χ1v) is 27.8. The summed E-state index contributed by atoms with van der Waals surface area (Å²) in [6, 6.07) is 106. The minimum Gasteiger partial charge on any atom is -0.310 e. The van der Waals surface area contributed by atoms with Gasteiger partial charge < -0.3 is 9.47 Å². The largest absolute Gasteiger partial charge is 0.310 e. The van der Waals surface area contributed by atoms with Gasteiger partial charge in [0.2, 0.25) is 0 Å². The van der Waals surface area contributed by atoms with Gasteiger partial charge in [-0.15, -0.1) is 0 Å². The van der Waals surface area contributed by atoms with Crippen molar-refractivity contribution in [3.8, 4) is 50.2 Å². The van der Waals surface area contributed by atoms with Gasteiger partial charge in [0.05, 0.1) is 27.6 Å². The molecule has 0 saturated carbocycles. The number of hydrogen-bond acceptors (Lipinski definition) is 1. The Bertz CT molecular complexity index is 4630. The molecule has 4 aliphatic carbocycles. The molecule has 0 atom stereocenters. The Morgan fingerprint density at radius 3 is 1.33 bits per heavy atom. The van der Waals surface area contributed by atoms with Crippen LogP contribution in [0.4, 0.5) is 17.1 Å². The Hall–Kier alpha value is -9.76. The van der Waals surface area contributed by atoms with Crippen LogP contribution in [0.2, 0.25) is 0 Å². The maximum Gasteiger partial charge on any atom is 0.0720 e. The van der Waals surface area contributed by atoms with Crippen LogP contribution in [0.15, 0.2) is 279 Å². The van der Waals surface area contributed by atoms with Crippen LogP contribution in [0.5, 0.6) is 0 Å². The molecule has 0 radical (unpaired) electrons. The van der Waals surface area contributed by atoms with E-state index in [-0.39, 0.29) is 5.41 Å². The first-order chi connectivity index (χ1) is 39.0. The zero-order chi connectivity index (χ0) is 52.2. The fourth-order valence-electron chi connectivity index (χ4n) is 15.5. The molecule has 17 rings (SSSR count). The van der Waals surface area contributed by atoms with Gasteiger partial charge in [-0.25, -0.2) is 0 Å². The summed E-state index contributed by atoms with van der Waals surface area (Å²) in [5.74, 6) is 0. The molecule has 79 heavy (non-hydrogen) atoms. The average molecular weight is 1010 g/mol. The number of anilines is 3. The lowest BCUT2D eigenvalue weighted by Crippen LogP contribution is -2.43. The SMILES string of the molecule is CC1(C)c2ccccc2-c2ccc(N(c3ccc4c(c3)c3ccccc3n4-c3ccccc3)c3ccccc3-c3ccc4c(c3)-c3ccccc3C43c4ccccc4C4(c5ccccc5-c5ccccc54)c4ccccc43)cc21. The number of para-hydroxylation sites is 3. The van der Waals surface area contributed by atoms with E-state index in [1.54, 1.807) is 0 Å². The van der Waals surface area contributed by atoms with Crippen LogP contribution in [-0.4, -0.2) is 4.57 Å². The van der Waals surface area contributed by atoms with Crippen molar-refractivity contribution in [2.45, 2.75) is 30.1 Å². The molecule has 12 aromatic carbocycles. The van der Waals surface area contributed by atoms with Crippen LogP contribution in [-0.2, 0) is 16.2 Å². The van der Waals surface area contributed by atoms with Gasteiger partial charge in [-0.05, 0) is 155 Å². The number of aromatic nitrogens is 1. The lowest BCUT2D eigenvalue weighted by molar-refractivity contribution is 0.633. The predicted octanol–water partition coefficient (Wildman–Crippen LogP) is 19.3. The van der Waals surface area contributed by atoms with Gasteiger partial charge >= 0.3 is 0 Å². The lowest BCUT2D eigenvalue weighted by atomic mass is 9.52. The van der Waals surface area contributed by atoms with Gasteiger partial charge in [-0.2, -0.15) is 0 Å². The smallest absolute Gasteiger partial charge is 0.0720 e. The highest BCUT2D eigenvalue weighted by Gasteiger charge is 2.59. The van der Waals surface area contributed by atoms with Crippen LogP contribution in [0.1, 0.15) is 69.5 Å². The Morgan fingerprint density at radius 1 is 0.278 bits per heavy atom. The van der Waals surface area contributed by atoms with Crippen LogP contribution in [0, 0.1) is 0 Å². The monoisotopic (exact) mass is 1000 g/mol. The first-order valence-electron chi connectivity index (χ1n) is 27.8. The molecule has 4 aliphatic rings. The van der Waals surface area contributed by atoms with Gasteiger partial charge in [0.25, 0.3) is 0 Å². The van der Waals surface area contributed by atoms with Gasteiger partial charge in [0.1, 0.15) is 0 Å². The average Bonchev–Trinajstić information content (AvgIpc) is 2.56. The number of benzene rings is 12. The van der Waals surface area contributed by atoms with Gasteiger partial charge in [0, 0.05) is 38.8 Å². The second-order valence-corrected chi connectivity index (χ2v) is 22.6. The van der Waals surface area contributed by atoms with Crippen molar-refractivity contribution >= 4 is 38.9 Å². The molecule has 2 spiro atoms. The quantitative estimate of drug-likeness (QED) is 0.167. The highest BCUT2D eigenvalue weighted by Crippen LogP contribution is 2.67. The van der Waals surface area contributed by atoms with Crippen LogP contribution < -0.4 is 4.90 Å². The first kappa shape index (κ1) is 44.4. The molecular weight excluding hydrogens is 953 g/mol. The third-order valence-electron chi connectivity index (χ3n) is 18.7. The molecule has 0 amide bonds. The minimum absolute atomic E-state index is 0.177. The molecule has 1 aromatic heterocycles. The van der Waals surface area contributed by atoms with Crippen molar-refractivity contribution in [2.24, 2.45) is 0 Å². The zero-order valence-electron chi connectivity index (χ0n) is 44.0. The molecule has 1 heterocycles. The predicted molar refractivity (Wildman–Crippen MR) is 327 cm³/mol. The van der Waals surface area contributed by atoms with E-state index in [2.05, 4.69) is 302 Å².